The first-order valence-corrected chi connectivity index (χ1v) is 8.49. The number of thiol groups is 1. The zero-order valence-corrected chi connectivity index (χ0v) is 15.6. The third kappa shape index (κ3) is 4.28. The number of aromatic nitrogens is 3. The smallest absolute Gasteiger partial charge is 0.232 e. The number of anilines is 4. The molecule has 0 bridgehead atoms. The van der Waals surface area contributed by atoms with Crippen molar-refractivity contribution >= 4 is 35.9 Å². The highest BCUT2D eigenvalue weighted by Crippen LogP contribution is 2.25. The molecule has 0 aliphatic rings. The fourth-order valence-electron chi connectivity index (χ4n) is 2.76. The Hall–Kier alpha value is -2.60. The predicted molar refractivity (Wildman–Crippen MR) is 105 cm³/mol. The van der Waals surface area contributed by atoms with Gasteiger partial charge in [-0.1, -0.05) is 17.7 Å². The third-order valence-electron chi connectivity index (χ3n) is 3.78. The number of nitrogens with one attached hydrogen (secondary N) is 2. The Balaban J connectivity index is 1.88. The van der Waals surface area contributed by atoms with Crippen molar-refractivity contribution in [3.05, 3.63) is 58.9 Å². The van der Waals surface area contributed by atoms with Crippen molar-refractivity contribution in [3.63, 3.8) is 0 Å². The molecule has 6 heteroatoms. The van der Waals surface area contributed by atoms with Crippen LogP contribution in [-0.4, -0.2) is 15.0 Å². The van der Waals surface area contributed by atoms with E-state index in [-0.39, 0.29) is 0 Å². The molecule has 128 valence electrons. The van der Waals surface area contributed by atoms with Crippen molar-refractivity contribution in [2.24, 2.45) is 0 Å². The quantitative estimate of drug-likeness (QED) is 0.585. The first-order chi connectivity index (χ1) is 11.9. The topological polar surface area (TPSA) is 62.7 Å². The highest BCUT2D eigenvalue weighted by Gasteiger charge is 2.09. The molecule has 1 aromatic heterocycles. The Morgan fingerprint density at radius 1 is 0.760 bits per heavy atom. The molecule has 0 spiro atoms. The largest absolute Gasteiger partial charge is 0.324 e. The summed E-state index contributed by atoms with van der Waals surface area (Å²) in [6, 6.07) is 12.0. The summed E-state index contributed by atoms with van der Waals surface area (Å²) < 4.78 is 0. The van der Waals surface area contributed by atoms with Crippen molar-refractivity contribution in [1.29, 1.82) is 0 Å². The number of hydrogen-bond donors (Lipinski definition) is 3. The van der Waals surface area contributed by atoms with Crippen LogP contribution in [0.5, 0.6) is 0 Å². The molecule has 0 unspecified atom stereocenters. The van der Waals surface area contributed by atoms with Crippen LogP contribution in [0.1, 0.15) is 22.5 Å². The summed E-state index contributed by atoms with van der Waals surface area (Å²) >= 11 is 4.29. The molecule has 0 fully saturated rings. The van der Waals surface area contributed by atoms with Crippen LogP contribution in [0.25, 0.3) is 0 Å². The van der Waals surface area contributed by atoms with Gasteiger partial charge in [0, 0.05) is 16.3 Å². The SMILES string of the molecule is Cc1cc(C)c(Nc2nc(C)nc(Nc3ccc(S)cc3)n2)c(C)c1. The van der Waals surface area contributed by atoms with Gasteiger partial charge in [-0.3, -0.25) is 0 Å². The van der Waals surface area contributed by atoms with Gasteiger partial charge in [0.15, 0.2) is 0 Å². The zero-order valence-electron chi connectivity index (χ0n) is 14.8. The van der Waals surface area contributed by atoms with Gasteiger partial charge in [-0.05, 0) is 63.1 Å². The van der Waals surface area contributed by atoms with Gasteiger partial charge in [0.2, 0.25) is 11.9 Å². The maximum atomic E-state index is 4.49. The molecule has 0 radical (unpaired) electrons. The summed E-state index contributed by atoms with van der Waals surface area (Å²) in [4.78, 5) is 14.2. The van der Waals surface area contributed by atoms with E-state index in [0.717, 1.165) is 27.4 Å². The summed E-state index contributed by atoms with van der Waals surface area (Å²) in [5.74, 6) is 1.67. The molecular weight excluding hydrogens is 330 g/mol. The summed E-state index contributed by atoms with van der Waals surface area (Å²) in [5, 5.41) is 6.53. The maximum absolute atomic E-state index is 4.49. The van der Waals surface area contributed by atoms with Gasteiger partial charge in [-0.15, -0.1) is 12.6 Å². The fraction of sp³-hybridized carbons (Fsp3) is 0.211. The minimum atomic E-state index is 0.504. The predicted octanol–water partition coefficient (Wildman–Crippen LogP) is 4.88. The van der Waals surface area contributed by atoms with Crippen LogP contribution in [0, 0.1) is 27.7 Å². The maximum Gasteiger partial charge on any atom is 0.232 e. The lowest BCUT2D eigenvalue weighted by Gasteiger charge is -2.14. The lowest BCUT2D eigenvalue weighted by molar-refractivity contribution is 0.988. The molecule has 0 saturated heterocycles. The van der Waals surface area contributed by atoms with Gasteiger partial charge in [-0.25, -0.2) is 0 Å². The van der Waals surface area contributed by atoms with E-state index in [1.165, 1.54) is 5.56 Å². The molecule has 25 heavy (non-hydrogen) atoms. The van der Waals surface area contributed by atoms with E-state index in [0.29, 0.717) is 17.7 Å². The monoisotopic (exact) mass is 351 g/mol. The van der Waals surface area contributed by atoms with E-state index in [1.807, 2.05) is 31.2 Å². The van der Waals surface area contributed by atoms with E-state index in [9.17, 15) is 0 Å². The van der Waals surface area contributed by atoms with E-state index < -0.39 is 0 Å². The Morgan fingerprint density at radius 3 is 1.92 bits per heavy atom. The van der Waals surface area contributed by atoms with Crippen molar-refractivity contribution in [1.82, 2.24) is 15.0 Å². The van der Waals surface area contributed by atoms with Crippen LogP contribution in [0.15, 0.2) is 41.3 Å². The zero-order chi connectivity index (χ0) is 18.0. The Kier molecular flexibility index (Phi) is 4.90. The normalized spacial score (nSPS) is 10.6. The van der Waals surface area contributed by atoms with Crippen molar-refractivity contribution in [2.75, 3.05) is 10.6 Å². The van der Waals surface area contributed by atoms with Gasteiger partial charge in [0.25, 0.3) is 0 Å². The van der Waals surface area contributed by atoms with Gasteiger partial charge in [-0.2, -0.15) is 15.0 Å². The van der Waals surface area contributed by atoms with Crippen molar-refractivity contribution in [2.45, 2.75) is 32.6 Å². The summed E-state index contributed by atoms with van der Waals surface area (Å²) in [7, 11) is 0. The molecule has 0 aliphatic carbocycles. The first kappa shape index (κ1) is 17.2. The summed E-state index contributed by atoms with van der Waals surface area (Å²) in [6.45, 7) is 8.10. The molecule has 0 amide bonds. The Bertz CT molecular complexity index is 883. The standard InChI is InChI=1S/C19H21N5S/c1-11-9-12(2)17(13(3)10-11)23-19-21-14(4)20-18(24-19)22-15-5-7-16(25)8-6-15/h5-10,25H,1-4H3,(H2,20,21,22,23,24). The average molecular weight is 351 g/mol. The fourth-order valence-corrected chi connectivity index (χ4v) is 2.91. The second-order valence-electron chi connectivity index (χ2n) is 6.10. The minimum Gasteiger partial charge on any atom is -0.324 e. The number of rotatable bonds is 4. The molecule has 5 nitrogen and oxygen atoms in total. The van der Waals surface area contributed by atoms with Gasteiger partial charge in [0.05, 0.1) is 0 Å². The van der Waals surface area contributed by atoms with Crippen LogP contribution >= 0.6 is 12.6 Å². The molecule has 3 rings (SSSR count). The number of aryl methyl sites for hydroxylation is 4. The van der Waals surface area contributed by atoms with Gasteiger partial charge < -0.3 is 10.6 Å². The van der Waals surface area contributed by atoms with Crippen LogP contribution in [0.3, 0.4) is 0 Å². The summed E-state index contributed by atoms with van der Waals surface area (Å²) in [6.07, 6.45) is 0. The van der Waals surface area contributed by atoms with E-state index in [2.05, 4.69) is 71.1 Å². The van der Waals surface area contributed by atoms with Crippen molar-refractivity contribution in [3.8, 4) is 0 Å². The molecule has 3 aromatic rings. The second kappa shape index (κ2) is 7.11. The number of hydrogen-bond acceptors (Lipinski definition) is 6. The number of benzene rings is 2. The van der Waals surface area contributed by atoms with Crippen LogP contribution in [0.4, 0.5) is 23.3 Å². The van der Waals surface area contributed by atoms with Crippen LogP contribution in [0.2, 0.25) is 0 Å². The van der Waals surface area contributed by atoms with E-state index in [1.54, 1.807) is 0 Å². The Labute approximate surface area is 153 Å². The molecule has 1 heterocycles. The molecule has 0 atom stereocenters. The van der Waals surface area contributed by atoms with E-state index >= 15 is 0 Å². The van der Waals surface area contributed by atoms with Crippen LogP contribution in [-0.2, 0) is 0 Å². The Morgan fingerprint density at radius 2 is 1.32 bits per heavy atom. The lowest BCUT2D eigenvalue weighted by atomic mass is 10.1. The van der Waals surface area contributed by atoms with Gasteiger partial charge in [0.1, 0.15) is 5.82 Å². The first-order valence-electron chi connectivity index (χ1n) is 8.04. The highest BCUT2D eigenvalue weighted by molar-refractivity contribution is 7.80. The lowest BCUT2D eigenvalue weighted by Crippen LogP contribution is -2.07. The molecule has 2 aromatic carbocycles. The minimum absolute atomic E-state index is 0.504. The van der Waals surface area contributed by atoms with Crippen LogP contribution < -0.4 is 10.6 Å². The molecule has 0 saturated carbocycles. The second-order valence-corrected chi connectivity index (χ2v) is 6.62. The molecule has 0 aliphatic heterocycles. The van der Waals surface area contributed by atoms with E-state index in [4.69, 9.17) is 0 Å². The average Bonchev–Trinajstić information content (AvgIpc) is 2.52. The van der Waals surface area contributed by atoms with Crippen molar-refractivity contribution < 1.29 is 0 Å². The third-order valence-corrected chi connectivity index (χ3v) is 4.08. The van der Waals surface area contributed by atoms with Gasteiger partial charge >= 0.3 is 0 Å². The highest BCUT2D eigenvalue weighted by atomic mass is 32.1. The summed E-state index contributed by atoms with van der Waals surface area (Å²) in [5.41, 5.74) is 5.49. The number of nitrogens with zero attached hydrogens (tertiary/aromatic N) is 3. The molecule has 2 N–H and O–H groups in total. The molecular formula is C19H21N5S.